The molecule has 0 aliphatic heterocycles. The zero-order valence-electron chi connectivity index (χ0n) is 13.9. The molecule has 0 saturated carbocycles. The molecule has 25 heavy (non-hydrogen) atoms. The first-order valence-corrected chi connectivity index (χ1v) is 8.01. The standard InChI is InChI=1S/C19H19N3O3/c1-14(11-15-5-4-8-20-12-15)22-10-9-21-19(22)16-6-2-3-7-17(16)25-13-18(23)24/h2-10,12,14H,11,13H2,1H3,(H,23,24)/t14-/m1/s1. The van der Waals surface area contributed by atoms with E-state index in [1.54, 1.807) is 18.5 Å². The molecule has 1 N–H and O–H groups in total. The maximum absolute atomic E-state index is 10.8. The van der Waals surface area contributed by atoms with Crippen molar-refractivity contribution in [2.45, 2.75) is 19.4 Å². The Morgan fingerprint density at radius 2 is 2.08 bits per heavy atom. The number of benzene rings is 1. The number of aliphatic carboxylic acids is 1. The van der Waals surface area contributed by atoms with Crippen LogP contribution in [-0.4, -0.2) is 32.2 Å². The lowest BCUT2D eigenvalue weighted by molar-refractivity contribution is -0.139. The van der Waals surface area contributed by atoms with E-state index in [0.29, 0.717) is 5.75 Å². The van der Waals surface area contributed by atoms with Gasteiger partial charge < -0.3 is 14.4 Å². The molecule has 2 heterocycles. The van der Waals surface area contributed by atoms with E-state index in [-0.39, 0.29) is 12.6 Å². The number of carboxylic acids is 1. The van der Waals surface area contributed by atoms with Gasteiger partial charge in [-0.1, -0.05) is 18.2 Å². The van der Waals surface area contributed by atoms with Crippen LogP contribution in [0.2, 0.25) is 0 Å². The monoisotopic (exact) mass is 337 g/mol. The van der Waals surface area contributed by atoms with Crippen molar-refractivity contribution < 1.29 is 14.6 Å². The number of hydrogen-bond donors (Lipinski definition) is 1. The number of hydrogen-bond acceptors (Lipinski definition) is 4. The highest BCUT2D eigenvalue weighted by molar-refractivity contribution is 5.70. The van der Waals surface area contributed by atoms with Gasteiger partial charge in [-0.2, -0.15) is 0 Å². The third-order valence-electron chi connectivity index (χ3n) is 3.88. The third-order valence-corrected chi connectivity index (χ3v) is 3.88. The summed E-state index contributed by atoms with van der Waals surface area (Å²) in [6, 6.07) is 11.5. The number of para-hydroxylation sites is 1. The predicted octanol–water partition coefficient (Wildman–Crippen LogP) is 3.21. The van der Waals surface area contributed by atoms with Crippen LogP contribution in [0, 0.1) is 0 Å². The van der Waals surface area contributed by atoms with Crippen LogP contribution in [0.15, 0.2) is 61.2 Å². The molecule has 6 heteroatoms. The van der Waals surface area contributed by atoms with Gasteiger partial charge in [0.25, 0.3) is 0 Å². The second-order valence-corrected chi connectivity index (χ2v) is 5.75. The molecular formula is C19H19N3O3. The van der Waals surface area contributed by atoms with Crippen molar-refractivity contribution in [1.82, 2.24) is 14.5 Å². The summed E-state index contributed by atoms with van der Waals surface area (Å²) >= 11 is 0. The summed E-state index contributed by atoms with van der Waals surface area (Å²) in [6.07, 6.45) is 8.09. The van der Waals surface area contributed by atoms with Gasteiger partial charge in [0.15, 0.2) is 6.61 Å². The first-order chi connectivity index (χ1) is 12.1. The first-order valence-electron chi connectivity index (χ1n) is 8.01. The molecule has 0 radical (unpaired) electrons. The summed E-state index contributed by atoms with van der Waals surface area (Å²) in [5.41, 5.74) is 1.91. The quantitative estimate of drug-likeness (QED) is 0.716. The Kier molecular flexibility index (Phi) is 5.09. The molecule has 0 unspecified atom stereocenters. The van der Waals surface area contributed by atoms with Gasteiger partial charge in [-0.25, -0.2) is 9.78 Å². The van der Waals surface area contributed by atoms with E-state index in [2.05, 4.69) is 21.5 Å². The lowest BCUT2D eigenvalue weighted by Crippen LogP contribution is -2.12. The van der Waals surface area contributed by atoms with Gasteiger partial charge in [0, 0.05) is 30.8 Å². The summed E-state index contributed by atoms with van der Waals surface area (Å²) in [6.45, 7) is 1.72. The topological polar surface area (TPSA) is 77.2 Å². The van der Waals surface area contributed by atoms with E-state index in [1.165, 1.54) is 0 Å². The smallest absolute Gasteiger partial charge is 0.341 e. The van der Waals surface area contributed by atoms with Gasteiger partial charge in [-0.05, 0) is 37.1 Å². The Labute approximate surface area is 145 Å². The molecule has 128 valence electrons. The van der Waals surface area contributed by atoms with Crippen molar-refractivity contribution in [3.05, 3.63) is 66.7 Å². The first kappa shape index (κ1) is 16.7. The van der Waals surface area contributed by atoms with Crippen LogP contribution in [0.4, 0.5) is 0 Å². The van der Waals surface area contributed by atoms with Crippen LogP contribution in [0.25, 0.3) is 11.4 Å². The molecule has 0 aliphatic carbocycles. The van der Waals surface area contributed by atoms with Gasteiger partial charge in [0.1, 0.15) is 11.6 Å². The summed E-state index contributed by atoms with van der Waals surface area (Å²) < 4.78 is 7.48. The molecule has 1 atom stereocenters. The Morgan fingerprint density at radius 3 is 2.84 bits per heavy atom. The average Bonchev–Trinajstić information content (AvgIpc) is 3.11. The number of pyridine rings is 1. The molecule has 0 aliphatic rings. The molecule has 0 spiro atoms. The molecule has 0 amide bonds. The van der Waals surface area contributed by atoms with Crippen LogP contribution in [0.3, 0.4) is 0 Å². The number of ether oxygens (including phenoxy) is 1. The van der Waals surface area contributed by atoms with Crippen LogP contribution < -0.4 is 4.74 Å². The summed E-state index contributed by atoms with van der Waals surface area (Å²) in [7, 11) is 0. The van der Waals surface area contributed by atoms with Gasteiger partial charge in [-0.3, -0.25) is 4.98 Å². The highest BCUT2D eigenvalue weighted by atomic mass is 16.5. The summed E-state index contributed by atoms with van der Waals surface area (Å²) in [5.74, 6) is 0.242. The van der Waals surface area contributed by atoms with Gasteiger partial charge in [0.05, 0.1) is 5.56 Å². The number of rotatable bonds is 7. The van der Waals surface area contributed by atoms with E-state index < -0.39 is 5.97 Å². The van der Waals surface area contributed by atoms with Crippen LogP contribution in [0.1, 0.15) is 18.5 Å². The van der Waals surface area contributed by atoms with Crippen molar-refractivity contribution in [1.29, 1.82) is 0 Å². The SMILES string of the molecule is C[C@H](Cc1cccnc1)n1ccnc1-c1ccccc1OCC(=O)O. The van der Waals surface area contributed by atoms with Crippen LogP contribution in [0.5, 0.6) is 5.75 Å². The predicted molar refractivity (Wildman–Crippen MR) is 93.4 cm³/mol. The number of imidazole rings is 1. The van der Waals surface area contributed by atoms with Crippen molar-refractivity contribution in [3.8, 4) is 17.1 Å². The second-order valence-electron chi connectivity index (χ2n) is 5.75. The fourth-order valence-electron chi connectivity index (χ4n) is 2.75. The fraction of sp³-hybridized carbons (Fsp3) is 0.211. The molecule has 6 nitrogen and oxygen atoms in total. The number of nitrogens with zero attached hydrogens (tertiary/aromatic N) is 3. The van der Waals surface area contributed by atoms with Crippen molar-refractivity contribution in [3.63, 3.8) is 0 Å². The van der Waals surface area contributed by atoms with Crippen LogP contribution in [-0.2, 0) is 11.2 Å². The molecule has 0 bridgehead atoms. The Bertz CT molecular complexity index is 846. The summed E-state index contributed by atoms with van der Waals surface area (Å²) in [4.78, 5) is 19.4. The van der Waals surface area contributed by atoms with Gasteiger partial charge >= 0.3 is 5.97 Å². The maximum atomic E-state index is 10.8. The van der Waals surface area contributed by atoms with Crippen molar-refractivity contribution in [2.75, 3.05) is 6.61 Å². The van der Waals surface area contributed by atoms with Crippen molar-refractivity contribution >= 4 is 5.97 Å². The number of carboxylic acid groups (broad SMARTS) is 1. The lowest BCUT2D eigenvalue weighted by Gasteiger charge is -2.18. The third kappa shape index (κ3) is 4.03. The van der Waals surface area contributed by atoms with E-state index in [4.69, 9.17) is 9.84 Å². The Morgan fingerprint density at radius 1 is 1.24 bits per heavy atom. The van der Waals surface area contributed by atoms with Crippen LogP contribution >= 0.6 is 0 Å². The maximum Gasteiger partial charge on any atom is 0.341 e. The average molecular weight is 337 g/mol. The highest BCUT2D eigenvalue weighted by Gasteiger charge is 2.16. The molecule has 1 aromatic carbocycles. The fourth-order valence-corrected chi connectivity index (χ4v) is 2.75. The number of carbonyl (C=O) groups is 1. The Balaban J connectivity index is 1.88. The summed E-state index contributed by atoms with van der Waals surface area (Å²) in [5, 5.41) is 8.85. The van der Waals surface area contributed by atoms with Crippen molar-refractivity contribution in [2.24, 2.45) is 0 Å². The normalized spacial score (nSPS) is 11.9. The molecule has 3 rings (SSSR count). The minimum atomic E-state index is -1.01. The molecular weight excluding hydrogens is 318 g/mol. The minimum Gasteiger partial charge on any atom is -0.481 e. The molecule has 2 aromatic heterocycles. The minimum absolute atomic E-state index is 0.161. The molecule has 0 saturated heterocycles. The second kappa shape index (κ2) is 7.61. The van der Waals surface area contributed by atoms with Gasteiger partial charge in [0.2, 0.25) is 0 Å². The molecule has 3 aromatic rings. The van der Waals surface area contributed by atoms with E-state index in [0.717, 1.165) is 23.4 Å². The molecule has 0 fully saturated rings. The van der Waals surface area contributed by atoms with E-state index >= 15 is 0 Å². The Hall–Kier alpha value is -3.15. The lowest BCUT2D eigenvalue weighted by atomic mass is 10.1. The van der Waals surface area contributed by atoms with E-state index in [9.17, 15) is 4.79 Å². The number of aromatic nitrogens is 3. The van der Waals surface area contributed by atoms with Gasteiger partial charge in [-0.15, -0.1) is 0 Å². The van der Waals surface area contributed by atoms with E-state index in [1.807, 2.05) is 42.7 Å². The zero-order valence-corrected chi connectivity index (χ0v) is 13.9. The largest absolute Gasteiger partial charge is 0.481 e. The highest BCUT2D eigenvalue weighted by Crippen LogP contribution is 2.31. The zero-order chi connectivity index (χ0) is 17.6.